The van der Waals surface area contributed by atoms with Gasteiger partial charge in [-0.25, -0.2) is 4.79 Å². The van der Waals surface area contributed by atoms with Crippen molar-refractivity contribution in [3.63, 3.8) is 0 Å². The molecule has 0 saturated carbocycles. The van der Waals surface area contributed by atoms with Gasteiger partial charge in [-0.1, -0.05) is 30.3 Å². The molecule has 1 fully saturated rings. The Morgan fingerprint density at radius 2 is 2.19 bits per heavy atom. The Morgan fingerprint density at radius 3 is 2.76 bits per heavy atom. The standard InChI is InChI=1S/C15H21NO5/c1-15(2)20-10-13(21-15)12(8-17)16-14(18)19-9-11-6-4-3-5-7-11/h3-7,12-13,17H,8-10H2,1-2H3,(H,16,18)/t12-,13+/m1/s1. The molecule has 2 atom stereocenters. The van der Waals surface area contributed by atoms with Crippen molar-refractivity contribution in [3.05, 3.63) is 35.9 Å². The zero-order valence-corrected chi connectivity index (χ0v) is 12.2. The van der Waals surface area contributed by atoms with E-state index in [2.05, 4.69) is 5.32 Å². The van der Waals surface area contributed by atoms with Crippen LogP contribution < -0.4 is 5.32 Å². The molecule has 116 valence electrons. The molecule has 1 aliphatic rings. The smallest absolute Gasteiger partial charge is 0.407 e. The zero-order valence-electron chi connectivity index (χ0n) is 12.2. The van der Waals surface area contributed by atoms with Crippen molar-refractivity contribution < 1.29 is 24.1 Å². The molecule has 1 saturated heterocycles. The van der Waals surface area contributed by atoms with Crippen molar-refractivity contribution in [2.45, 2.75) is 38.4 Å². The number of aliphatic hydroxyl groups excluding tert-OH is 1. The summed E-state index contributed by atoms with van der Waals surface area (Å²) in [5.41, 5.74) is 0.898. The van der Waals surface area contributed by atoms with Gasteiger partial charge in [0.2, 0.25) is 0 Å². The Morgan fingerprint density at radius 1 is 1.48 bits per heavy atom. The van der Waals surface area contributed by atoms with E-state index in [1.807, 2.05) is 30.3 Å². The first-order valence-corrected chi connectivity index (χ1v) is 6.90. The Labute approximate surface area is 124 Å². The molecule has 1 aromatic rings. The summed E-state index contributed by atoms with van der Waals surface area (Å²) in [6, 6.07) is 8.82. The predicted octanol–water partition coefficient (Wildman–Crippen LogP) is 1.43. The first kappa shape index (κ1) is 15.8. The summed E-state index contributed by atoms with van der Waals surface area (Å²) in [5.74, 6) is -0.701. The summed E-state index contributed by atoms with van der Waals surface area (Å²) in [7, 11) is 0. The lowest BCUT2D eigenvalue weighted by Crippen LogP contribution is -2.47. The number of hydrogen-bond donors (Lipinski definition) is 2. The van der Waals surface area contributed by atoms with Crippen LogP contribution >= 0.6 is 0 Å². The molecule has 2 N–H and O–H groups in total. The second kappa shape index (κ2) is 6.89. The molecule has 0 bridgehead atoms. The van der Waals surface area contributed by atoms with Gasteiger partial charge >= 0.3 is 6.09 Å². The normalized spacial score (nSPS) is 21.8. The molecule has 0 radical (unpaired) electrons. The monoisotopic (exact) mass is 295 g/mol. The Bertz CT molecular complexity index is 462. The quantitative estimate of drug-likeness (QED) is 0.859. The highest BCUT2D eigenvalue weighted by Gasteiger charge is 2.37. The SMILES string of the molecule is CC1(C)OC[C@@H]([C@@H](CO)NC(=O)OCc2ccccc2)O1. The van der Waals surface area contributed by atoms with Crippen molar-refractivity contribution in [2.75, 3.05) is 13.2 Å². The maximum absolute atomic E-state index is 11.8. The summed E-state index contributed by atoms with van der Waals surface area (Å²) < 4.78 is 16.1. The number of alkyl carbamates (subject to hydrolysis) is 1. The fraction of sp³-hybridized carbons (Fsp3) is 0.533. The van der Waals surface area contributed by atoms with Crippen molar-refractivity contribution in [1.82, 2.24) is 5.32 Å². The van der Waals surface area contributed by atoms with Gasteiger partial charge in [0, 0.05) is 0 Å². The summed E-state index contributed by atoms with van der Waals surface area (Å²) in [6.07, 6.45) is -0.986. The molecule has 1 heterocycles. The highest BCUT2D eigenvalue weighted by Crippen LogP contribution is 2.24. The number of amides is 1. The molecule has 6 heteroatoms. The summed E-state index contributed by atoms with van der Waals surface area (Å²) >= 11 is 0. The zero-order chi connectivity index (χ0) is 15.3. The fourth-order valence-electron chi connectivity index (χ4n) is 2.09. The van der Waals surface area contributed by atoms with Crippen LogP contribution in [0.3, 0.4) is 0 Å². The van der Waals surface area contributed by atoms with Gasteiger partial charge in [-0.3, -0.25) is 0 Å². The molecule has 6 nitrogen and oxygen atoms in total. The molecular weight excluding hydrogens is 274 g/mol. The van der Waals surface area contributed by atoms with Gasteiger partial charge in [-0.2, -0.15) is 0 Å². The number of aliphatic hydroxyl groups is 1. The number of benzene rings is 1. The van der Waals surface area contributed by atoms with Crippen LogP contribution in [0.1, 0.15) is 19.4 Å². The van der Waals surface area contributed by atoms with E-state index in [1.54, 1.807) is 13.8 Å². The van der Waals surface area contributed by atoms with E-state index in [0.717, 1.165) is 5.56 Å². The number of hydrogen-bond acceptors (Lipinski definition) is 5. The molecule has 0 unspecified atom stereocenters. The molecular formula is C15H21NO5. The molecule has 0 spiro atoms. The van der Waals surface area contributed by atoms with Crippen molar-refractivity contribution in [1.29, 1.82) is 0 Å². The average Bonchev–Trinajstić information content (AvgIpc) is 2.83. The van der Waals surface area contributed by atoms with Crippen LogP contribution in [-0.4, -0.2) is 42.3 Å². The third kappa shape index (κ3) is 4.70. The lowest BCUT2D eigenvalue weighted by molar-refractivity contribution is -0.142. The number of carbonyl (C=O) groups excluding carboxylic acids is 1. The molecule has 1 aliphatic heterocycles. The highest BCUT2D eigenvalue weighted by atomic mass is 16.7. The minimum absolute atomic E-state index is 0.179. The van der Waals surface area contributed by atoms with Crippen LogP contribution in [0.5, 0.6) is 0 Å². The van der Waals surface area contributed by atoms with E-state index < -0.39 is 24.0 Å². The maximum Gasteiger partial charge on any atom is 0.407 e. The van der Waals surface area contributed by atoms with Crippen LogP contribution in [0.2, 0.25) is 0 Å². The molecule has 1 amide bonds. The summed E-state index contributed by atoms with van der Waals surface area (Å²) in [5, 5.41) is 12.0. The average molecular weight is 295 g/mol. The molecule has 0 aliphatic carbocycles. The Kier molecular flexibility index (Phi) is 5.17. The van der Waals surface area contributed by atoms with Gasteiger partial charge in [0.1, 0.15) is 12.7 Å². The first-order valence-electron chi connectivity index (χ1n) is 6.90. The fourth-order valence-corrected chi connectivity index (χ4v) is 2.09. The third-order valence-electron chi connectivity index (χ3n) is 3.19. The number of nitrogens with one attached hydrogen (secondary N) is 1. The maximum atomic E-state index is 11.8. The van der Waals surface area contributed by atoms with Crippen molar-refractivity contribution in [2.24, 2.45) is 0 Å². The van der Waals surface area contributed by atoms with Gasteiger partial charge in [0.05, 0.1) is 19.3 Å². The van der Waals surface area contributed by atoms with E-state index in [-0.39, 0.29) is 13.2 Å². The number of carbonyl (C=O) groups is 1. The molecule has 21 heavy (non-hydrogen) atoms. The van der Waals surface area contributed by atoms with Gasteiger partial charge < -0.3 is 24.6 Å². The van der Waals surface area contributed by atoms with Crippen LogP contribution in [0.15, 0.2) is 30.3 Å². The van der Waals surface area contributed by atoms with E-state index in [0.29, 0.717) is 6.61 Å². The van der Waals surface area contributed by atoms with Crippen molar-refractivity contribution >= 4 is 6.09 Å². The van der Waals surface area contributed by atoms with Crippen LogP contribution in [0.4, 0.5) is 4.79 Å². The van der Waals surface area contributed by atoms with Crippen LogP contribution in [0, 0.1) is 0 Å². The number of ether oxygens (including phenoxy) is 3. The van der Waals surface area contributed by atoms with E-state index >= 15 is 0 Å². The minimum Gasteiger partial charge on any atom is -0.445 e. The largest absolute Gasteiger partial charge is 0.445 e. The van der Waals surface area contributed by atoms with Gasteiger partial charge in [0.15, 0.2) is 5.79 Å². The topological polar surface area (TPSA) is 77.0 Å². The Hall–Kier alpha value is -1.63. The van der Waals surface area contributed by atoms with Gasteiger partial charge in [-0.15, -0.1) is 0 Å². The second-order valence-corrected chi connectivity index (χ2v) is 5.36. The lowest BCUT2D eigenvalue weighted by atomic mass is 10.2. The van der Waals surface area contributed by atoms with Gasteiger partial charge in [0.25, 0.3) is 0 Å². The third-order valence-corrected chi connectivity index (χ3v) is 3.19. The highest BCUT2D eigenvalue weighted by molar-refractivity contribution is 5.67. The lowest BCUT2D eigenvalue weighted by Gasteiger charge is -2.23. The Balaban J connectivity index is 1.80. The predicted molar refractivity (Wildman–Crippen MR) is 75.5 cm³/mol. The van der Waals surface area contributed by atoms with E-state index in [1.165, 1.54) is 0 Å². The van der Waals surface area contributed by atoms with Crippen LogP contribution in [0.25, 0.3) is 0 Å². The molecule has 2 rings (SSSR count). The molecule has 1 aromatic carbocycles. The summed E-state index contributed by atoms with van der Waals surface area (Å²) in [6.45, 7) is 3.82. The summed E-state index contributed by atoms with van der Waals surface area (Å²) in [4.78, 5) is 11.8. The number of rotatable bonds is 5. The van der Waals surface area contributed by atoms with Crippen molar-refractivity contribution in [3.8, 4) is 0 Å². The van der Waals surface area contributed by atoms with Crippen LogP contribution in [-0.2, 0) is 20.8 Å². The van der Waals surface area contributed by atoms with Gasteiger partial charge in [-0.05, 0) is 19.4 Å². The van der Waals surface area contributed by atoms with E-state index in [4.69, 9.17) is 14.2 Å². The first-order chi connectivity index (χ1) is 10.00. The van der Waals surface area contributed by atoms with E-state index in [9.17, 15) is 9.90 Å². The second-order valence-electron chi connectivity index (χ2n) is 5.36. The molecule has 0 aromatic heterocycles. The minimum atomic E-state index is -0.701.